The molecular formula is C15H14FN3. The predicted octanol–water partition coefficient (Wildman–Crippen LogP) is 3.42. The Morgan fingerprint density at radius 2 is 1.84 bits per heavy atom. The molecule has 4 heteroatoms. The number of nitrogens with one attached hydrogen (secondary N) is 1. The van der Waals surface area contributed by atoms with Crippen molar-refractivity contribution in [3.63, 3.8) is 0 Å². The number of hydrogen-bond donors (Lipinski definition) is 1. The zero-order chi connectivity index (χ0) is 13.4. The summed E-state index contributed by atoms with van der Waals surface area (Å²) < 4.78 is 15.0. The molecule has 1 heterocycles. The van der Waals surface area contributed by atoms with Gasteiger partial charge in [-0.15, -0.1) is 0 Å². The fourth-order valence-corrected chi connectivity index (χ4v) is 2.20. The summed E-state index contributed by atoms with van der Waals surface area (Å²) in [6, 6.07) is 12.4. The molecule has 3 aromatic rings. The van der Waals surface area contributed by atoms with Crippen molar-refractivity contribution in [2.75, 3.05) is 12.4 Å². The molecule has 3 nitrogen and oxygen atoms in total. The van der Waals surface area contributed by atoms with E-state index in [0.29, 0.717) is 0 Å². The minimum absolute atomic E-state index is 0.236. The van der Waals surface area contributed by atoms with Crippen molar-refractivity contribution < 1.29 is 4.39 Å². The molecule has 19 heavy (non-hydrogen) atoms. The Kier molecular flexibility index (Phi) is 2.71. The van der Waals surface area contributed by atoms with Crippen LogP contribution >= 0.6 is 0 Å². The zero-order valence-corrected chi connectivity index (χ0v) is 10.8. The lowest BCUT2D eigenvalue weighted by Crippen LogP contribution is -1.93. The van der Waals surface area contributed by atoms with Crippen LogP contribution in [0.3, 0.4) is 0 Å². The van der Waals surface area contributed by atoms with Crippen molar-refractivity contribution in [2.24, 2.45) is 7.05 Å². The number of anilines is 1. The number of imidazole rings is 1. The number of aromatic nitrogens is 2. The number of hydrogen-bond acceptors (Lipinski definition) is 2. The molecule has 2 aromatic carbocycles. The first-order valence-electron chi connectivity index (χ1n) is 6.09. The Morgan fingerprint density at radius 1 is 1.11 bits per heavy atom. The van der Waals surface area contributed by atoms with E-state index in [0.717, 1.165) is 28.1 Å². The standard InChI is InChI=1S/C15H14FN3/c1-17-12-7-8-13-14(9-12)19(2)15(18-13)10-3-5-11(16)6-4-10/h3-9,17H,1-2H3. The number of fused-ring (bicyclic) bond motifs is 1. The SMILES string of the molecule is CNc1ccc2nc(-c3ccc(F)cc3)n(C)c2c1. The summed E-state index contributed by atoms with van der Waals surface area (Å²) in [4.78, 5) is 4.60. The first-order valence-corrected chi connectivity index (χ1v) is 6.09. The van der Waals surface area contributed by atoms with Crippen molar-refractivity contribution >= 4 is 16.7 Å². The van der Waals surface area contributed by atoms with E-state index in [1.807, 2.05) is 30.8 Å². The highest BCUT2D eigenvalue weighted by molar-refractivity contribution is 5.83. The number of aryl methyl sites for hydroxylation is 1. The third kappa shape index (κ3) is 1.95. The third-order valence-electron chi connectivity index (χ3n) is 3.27. The maximum atomic E-state index is 13.0. The number of nitrogens with zero attached hydrogens (tertiary/aromatic N) is 2. The van der Waals surface area contributed by atoms with Crippen LogP contribution in [-0.2, 0) is 7.05 Å². The van der Waals surface area contributed by atoms with E-state index in [-0.39, 0.29) is 5.82 Å². The first kappa shape index (κ1) is 11.7. The van der Waals surface area contributed by atoms with Gasteiger partial charge >= 0.3 is 0 Å². The van der Waals surface area contributed by atoms with Crippen LogP contribution < -0.4 is 5.32 Å². The summed E-state index contributed by atoms with van der Waals surface area (Å²) in [6.45, 7) is 0. The van der Waals surface area contributed by atoms with Gasteiger partial charge in [0.2, 0.25) is 0 Å². The molecule has 0 amide bonds. The Labute approximate surface area is 110 Å². The van der Waals surface area contributed by atoms with Crippen LogP contribution in [-0.4, -0.2) is 16.6 Å². The average molecular weight is 255 g/mol. The highest BCUT2D eigenvalue weighted by Crippen LogP contribution is 2.25. The predicted molar refractivity (Wildman–Crippen MR) is 75.7 cm³/mol. The molecule has 0 aliphatic carbocycles. The highest BCUT2D eigenvalue weighted by atomic mass is 19.1. The minimum atomic E-state index is -0.236. The van der Waals surface area contributed by atoms with E-state index < -0.39 is 0 Å². The Morgan fingerprint density at radius 3 is 2.53 bits per heavy atom. The molecule has 0 unspecified atom stereocenters. The first-order chi connectivity index (χ1) is 9.19. The second kappa shape index (κ2) is 4.39. The van der Waals surface area contributed by atoms with Gasteiger partial charge in [0.05, 0.1) is 11.0 Å². The second-order valence-electron chi connectivity index (χ2n) is 4.45. The molecule has 0 aliphatic heterocycles. The fraction of sp³-hybridized carbons (Fsp3) is 0.133. The van der Waals surface area contributed by atoms with Gasteiger partial charge in [-0.05, 0) is 42.5 Å². The van der Waals surface area contributed by atoms with E-state index in [4.69, 9.17) is 0 Å². The molecule has 0 radical (unpaired) electrons. The van der Waals surface area contributed by atoms with Crippen molar-refractivity contribution in [3.8, 4) is 11.4 Å². The van der Waals surface area contributed by atoms with Gasteiger partial charge in [-0.2, -0.15) is 0 Å². The minimum Gasteiger partial charge on any atom is -0.388 e. The molecule has 0 atom stereocenters. The molecule has 0 fully saturated rings. The van der Waals surface area contributed by atoms with Crippen LogP contribution in [0.15, 0.2) is 42.5 Å². The third-order valence-corrected chi connectivity index (χ3v) is 3.27. The van der Waals surface area contributed by atoms with Crippen molar-refractivity contribution in [2.45, 2.75) is 0 Å². The van der Waals surface area contributed by atoms with E-state index in [2.05, 4.69) is 16.4 Å². The van der Waals surface area contributed by atoms with E-state index in [1.54, 1.807) is 12.1 Å². The summed E-state index contributed by atoms with van der Waals surface area (Å²) in [5.74, 6) is 0.600. The lowest BCUT2D eigenvalue weighted by atomic mass is 10.2. The molecule has 1 aromatic heterocycles. The Bertz CT molecular complexity index is 729. The molecule has 0 spiro atoms. The van der Waals surface area contributed by atoms with E-state index in [9.17, 15) is 4.39 Å². The normalized spacial score (nSPS) is 10.9. The topological polar surface area (TPSA) is 29.9 Å². The summed E-state index contributed by atoms with van der Waals surface area (Å²) in [5, 5.41) is 3.11. The fourth-order valence-electron chi connectivity index (χ4n) is 2.20. The number of benzene rings is 2. The molecule has 0 saturated carbocycles. The smallest absolute Gasteiger partial charge is 0.140 e. The monoisotopic (exact) mass is 255 g/mol. The van der Waals surface area contributed by atoms with E-state index >= 15 is 0 Å². The molecule has 3 rings (SSSR count). The largest absolute Gasteiger partial charge is 0.388 e. The van der Waals surface area contributed by atoms with Crippen molar-refractivity contribution in [1.82, 2.24) is 9.55 Å². The van der Waals surface area contributed by atoms with Crippen LogP contribution in [0.2, 0.25) is 0 Å². The van der Waals surface area contributed by atoms with Gasteiger partial charge in [-0.1, -0.05) is 0 Å². The average Bonchev–Trinajstić information content (AvgIpc) is 2.76. The molecule has 0 saturated heterocycles. The molecule has 96 valence electrons. The Hall–Kier alpha value is -2.36. The molecule has 1 N–H and O–H groups in total. The van der Waals surface area contributed by atoms with Crippen LogP contribution in [0.4, 0.5) is 10.1 Å². The quantitative estimate of drug-likeness (QED) is 0.760. The van der Waals surface area contributed by atoms with Gasteiger partial charge in [-0.3, -0.25) is 0 Å². The zero-order valence-electron chi connectivity index (χ0n) is 10.8. The van der Waals surface area contributed by atoms with Crippen LogP contribution in [0.5, 0.6) is 0 Å². The van der Waals surface area contributed by atoms with Gasteiger partial charge < -0.3 is 9.88 Å². The molecular weight excluding hydrogens is 241 g/mol. The number of rotatable bonds is 2. The lowest BCUT2D eigenvalue weighted by Gasteiger charge is -2.03. The van der Waals surface area contributed by atoms with Gasteiger partial charge in [0.15, 0.2) is 0 Å². The highest BCUT2D eigenvalue weighted by Gasteiger charge is 2.10. The van der Waals surface area contributed by atoms with Gasteiger partial charge in [0, 0.05) is 25.3 Å². The van der Waals surface area contributed by atoms with Crippen LogP contribution in [0, 0.1) is 5.82 Å². The summed E-state index contributed by atoms with van der Waals surface area (Å²) in [7, 11) is 3.85. The van der Waals surface area contributed by atoms with Crippen LogP contribution in [0.1, 0.15) is 0 Å². The van der Waals surface area contributed by atoms with Gasteiger partial charge in [-0.25, -0.2) is 9.37 Å². The lowest BCUT2D eigenvalue weighted by molar-refractivity contribution is 0.628. The summed E-state index contributed by atoms with van der Waals surface area (Å²) in [6.07, 6.45) is 0. The maximum absolute atomic E-state index is 13.0. The van der Waals surface area contributed by atoms with Gasteiger partial charge in [0.1, 0.15) is 11.6 Å². The maximum Gasteiger partial charge on any atom is 0.140 e. The molecule has 0 aliphatic rings. The van der Waals surface area contributed by atoms with Crippen molar-refractivity contribution in [1.29, 1.82) is 0 Å². The second-order valence-corrected chi connectivity index (χ2v) is 4.45. The summed E-state index contributed by atoms with van der Waals surface area (Å²) >= 11 is 0. The molecule has 0 bridgehead atoms. The number of halogens is 1. The summed E-state index contributed by atoms with van der Waals surface area (Å²) in [5.41, 5.74) is 3.93. The Balaban J connectivity index is 2.19. The van der Waals surface area contributed by atoms with Gasteiger partial charge in [0.25, 0.3) is 0 Å². The van der Waals surface area contributed by atoms with Crippen LogP contribution in [0.25, 0.3) is 22.4 Å². The van der Waals surface area contributed by atoms with Crippen molar-refractivity contribution in [3.05, 3.63) is 48.3 Å². The van der Waals surface area contributed by atoms with E-state index in [1.165, 1.54) is 12.1 Å².